The van der Waals surface area contributed by atoms with Crippen LogP contribution in [0.5, 0.6) is 0 Å². The molecule has 1 aromatic heterocycles. The number of aliphatic hydroxyl groups is 2. The molecule has 0 amide bonds. The maximum absolute atomic E-state index is 8.90. The van der Waals surface area contributed by atoms with Crippen molar-refractivity contribution in [1.82, 2.24) is 9.88 Å². The highest BCUT2D eigenvalue weighted by atomic mass is 16.3. The Balaban J connectivity index is 2.45. The number of hydrogen-bond acceptors (Lipinski definition) is 3. The molecule has 86 valence electrons. The van der Waals surface area contributed by atoms with E-state index >= 15 is 0 Å². The first-order valence-corrected chi connectivity index (χ1v) is 5.41. The molecule has 15 heavy (non-hydrogen) atoms. The van der Waals surface area contributed by atoms with Gasteiger partial charge in [0.25, 0.3) is 0 Å². The first kappa shape index (κ1) is 12.2. The Morgan fingerprint density at radius 2 is 2.13 bits per heavy atom. The van der Waals surface area contributed by atoms with Crippen LogP contribution in [0.2, 0.25) is 0 Å². The van der Waals surface area contributed by atoms with Gasteiger partial charge in [0.15, 0.2) is 0 Å². The fourth-order valence-corrected chi connectivity index (χ4v) is 1.50. The highest BCUT2D eigenvalue weighted by Crippen LogP contribution is 2.03. The summed E-state index contributed by atoms with van der Waals surface area (Å²) in [5.74, 6) is 0. The minimum absolute atomic E-state index is 0.0367. The summed E-state index contributed by atoms with van der Waals surface area (Å²) in [6.07, 6.45) is 3.15. The van der Waals surface area contributed by atoms with Crippen LogP contribution in [0.25, 0.3) is 0 Å². The van der Waals surface area contributed by atoms with Gasteiger partial charge in [-0.25, -0.2) is 0 Å². The van der Waals surface area contributed by atoms with E-state index in [-0.39, 0.29) is 19.3 Å². The van der Waals surface area contributed by atoms with Crippen molar-refractivity contribution in [3.8, 4) is 0 Å². The maximum atomic E-state index is 8.90. The van der Waals surface area contributed by atoms with Crippen molar-refractivity contribution < 1.29 is 10.2 Å². The number of aromatic nitrogens is 1. The molecule has 0 bridgehead atoms. The minimum Gasteiger partial charge on any atom is -0.395 e. The van der Waals surface area contributed by atoms with Gasteiger partial charge in [-0.2, -0.15) is 0 Å². The molecule has 1 heterocycles. The summed E-state index contributed by atoms with van der Waals surface area (Å²) in [5.41, 5.74) is 1.18. The van der Waals surface area contributed by atoms with Crippen molar-refractivity contribution >= 4 is 0 Å². The van der Waals surface area contributed by atoms with Gasteiger partial charge in [-0.05, 0) is 18.6 Å². The quantitative estimate of drug-likeness (QED) is 0.611. The zero-order valence-corrected chi connectivity index (χ0v) is 9.19. The summed E-state index contributed by atoms with van der Waals surface area (Å²) in [4.78, 5) is 0. The van der Waals surface area contributed by atoms with Crippen LogP contribution in [0.1, 0.15) is 19.0 Å². The second-order valence-corrected chi connectivity index (χ2v) is 3.64. The van der Waals surface area contributed by atoms with Crippen molar-refractivity contribution in [2.75, 3.05) is 13.2 Å². The molecule has 0 aliphatic heterocycles. The molecular weight excluding hydrogens is 192 g/mol. The topological polar surface area (TPSA) is 57.4 Å². The molecule has 0 aliphatic rings. The van der Waals surface area contributed by atoms with E-state index < -0.39 is 0 Å². The Bertz CT molecular complexity index is 269. The van der Waals surface area contributed by atoms with Gasteiger partial charge in [0.2, 0.25) is 0 Å². The van der Waals surface area contributed by atoms with E-state index in [0.29, 0.717) is 6.54 Å². The molecule has 0 saturated carbocycles. The lowest BCUT2D eigenvalue weighted by molar-refractivity contribution is 0.169. The number of aliphatic hydroxyl groups excluding tert-OH is 2. The summed E-state index contributed by atoms with van der Waals surface area (Å²) < 4.78 is 2.18. The number of nitrogens with one attached hydrogen (secondary N) is 1. The highest BCUT2D eigenvalue weighted by Gasteiger charge is 2.06. The van der Waals surface area contributed by atoms with E-state index in [1.54, 1.807) is 0 Å². The average molecular weight is 212 g/mol. The Morgan fingerprint density at radius 1 is 1.40 bits per heavy atom. The summed E-state index contributed by atoms with van der Waals surface area (Å²) >= 11 is 0. The molecule has 1 rings (SSSR count). The second-order valence-electron chi connectivity index (χ2n) is 3.64. The normalized spacial score (nSPS) is 11.2. The zero-order chi connectivity index (χ0) is 11.1. The van der Waals surface area contributed by atoms with Crippen molar-refractivity contribution in [2.24, 2.45) is 0 Å². The molecule has 0 aromatic carbocycles. The van der Waals surface area contributed by atoms with Crippen LogP contribution < -0.4 is 5.32 Å². The zero-order valence-electron chi connectivity index (χ0n) is 9.19. The predicted octanol–water partition coefficient (Wildman–Crippen LogP) is 0.341. The first-order chi connectivity index (χ1) is 7.31. The Kier molecular flexibility index (Phi) is 5.39. The monoisotopic (exact) mass is 212 g/mol. The molecule has 0 fully saturated rings. The molecule has 0 spiro atoms. The lowest BCUT2D eigenvalue weighted by Crippen LogP contribution is -2.35. The predicted molar refractivity (Wildman–Crippen MR) is 59.5 cm³/mol. The molecule has 3 N–H and O–H groups in total. The molecule has 4 nitrogen and oxygen atoms in total. The number of nitrogens with zero attached hydrogens (tertiary/aromatic N) is 1. The van der Waals surface area contributed by atoms with Crippen LogP contribution in [0.4, 0.5) is 0 Å². The molecule has 0 radical (unpaired) electrons. The number of hydrogen-bond donors (Lipinski definition) is 3. The Labute approximate surface area is 90.5 Å². The largest absolute Gasteiger partial charge is 0.395 e. The average Bonchev–Trinajstić information content (AvgIpc) is 2.68. The van der Waals surface area contributed by atoms with Gasteiger partial charge in [0, 0.05) is 25.0 Å². The Hall–Kier alpha value is -0.840. The van der Waals surface area contributed by atoms with Gasteiger partial charge in [-0.1, -0.05) is 6.92 Å². The Morgan fingerprint density at radius 3 is 2.73 bits per heavy atom. The number of aryl methyl sites for hydroxylation is 1. The summed E-state index contributed by atoms with van der Waals surface area (Å²) in [6, 6.07) is 3.84. The van der Waals surface area contributed by atoms with Gasteiger partial charge in [0.05, 0.1) is 19.3 Å². The summed E-state index contributed by atoms with van der Waals surface area (Å²) in [7, 11) is 0. The third kappa shape index (κ3) is 3.66. The smallest absolute Gasteiger partial charge is 0.0607 e. The minimum atomic E-state index is -0.227. The van der Waals surface area contributed by atoms with E-state index in [2.05, 4.69) is 22.9 Å². The van der Waals surface area contributed by atoms with Crippen molar-refractivity contribution in [3.05, 3.63) is 24.0 Å². The number of rotatable bonds is 7. The lowest BCUT2D eigenvalue weighted by Gasteiger charge is -2.14. The fourth-order valence-electron chi connectivity index (χ4n) is 1.50. The molecule has 0 unspecified atom stereocenters. The van der Waals surface area contributed by atoms with Crippen LogP contribution in [0.15, 0.2) is 18.3 Å². The standard InChI is InChI=1S/C11H20N2O2/c1-2-5-13-6-3-4-11(13)7-12-10(8-14)9-15/h3-4,6,10,12,14-15H,2,5,7-9H2,1H3. The summed E-state index contributed by atoms with van der Waals surface area (Å²) in [6.45, 7) is 3.75. The third-order valence-electron chi connectivity index (χ3n) is 2.40. The van der Waals surface area contributed by atoms with E-state index in [9.17, 15) is 0 Å². The van der Waals surface area contributed by atoms with Crippen LogP contribution in [-0.4, -0.2) is 34.0 Å². The second kappa shape index (κ2) is 6.61. The van der Waals surface area contributed by atoms with Crippen LogP contribution in [-0.2, 0) is 13.1 Å². The van der Waals surface area contributed by atoms with E-state index in [4.69, 9.17) is 10.2 Å². The summed E-state index contributed by atoms with van der Waals surface area (Å²) in [5, 5.41) is 20.9. The molecule has 4 heteroatoms. The highest BCUT2D eigenvalue weighted by molar-refractivity contribution is 5.07. The molecule has 0 saturated heterocycles. The lowest BCUT2D eigenvalue weighted by atomic mass is 10.3. The van der Waals surface area contributed by atoms with Crippen LogP contribution in [0, 0.1) is 0 Å². The third-order valence-corrected chi connectivity index (χ3v) is 2.40. The molecular formula is C11H20N2O2. The van der Waals surface area contributed by atoms with Gasteiger partial charge in [0.1, 0.15) is 0 Å². The van der Waals surface area contributed by atoms with Gasteiger partial charge < -0.3 is 20.1 Å². The van der Waals surface area contributed by atoms with Crippen molar-refractivity contribution in [1.29, 1.82) is 0 Å². The van der Waals surface area contributed by atoms with E-state index in [1.165, 1.54) is 5.69 Å². The van der Waals surface area contributed by atoms with Crippen molar-refractivity contribution in [2.45, 2.75) is 32.5 Å². The maximum Gasteiger partial charge on any atom is 0.0607 e. The fraction of sp³-hybridized carbons (Fsp3) is 0.636. The van der Waals surface area contributed by atoms with Gasteiger partial charge >= 0.3 is 0 Å². The van der Waals surface area contributed by atoms with E-state index in [0.717, 1.165) is 13.0 Å². The molecule has 0 aliphatic carbocycles. The first-order valence-electron chi connectivity index (χ1n) is 5.41. The molecule has 1 aromatic rings. The van der Waals surface area contributed by atoms with Gasteiger partial charge in [-0.15, -0.1) is 0 Å². The van der Waals surface area contributed by atoms with Crippen LogP contribution >= 0.6 is 0 Å². The van der Waals surface area contributed by atoms with E-state index in [1.807, 2.05) is 12.3 Å². The van der Waals surface area contributed by atoms with Crippen molar-refractivity contribution in [3.63, 3.8) is 0 Å². The van der Waals surface area contributed by atoms with Crippen LogP contribution in [0.3, 0.4) is 0 Å². The van der Waals surface area contributed by atoms with Gasteiger partial charge in [-0.3, -0.25) is 0 Å². The molecule has 0 atom stereocenters. The SMILES string of the molecule is CCCn1cccc1CNC(CO)CO.